The molecule has 0 bridgehead atoms. The molecule has 21 heavy (non-hydrogen) atoms. The van der Waals surface area contributed by atoms with E-state index in [0.717, 1.165) is 23.8 Å². The van der Waals surface area contributed by atoms with Crippen molar-refractivity contribution in [2.75, 3.05) is 20.2 Å². The van der Waals surface area contributed by atoms with Crippen LogP contribution in [0.2, 0.25) is 0 Å². The van der Waals surface area contributed by atoms with E-state index in [-0.39, 0.29) is 0 Å². The molecule has 0 aromatic heterocycles. The molecule has 0 spiro atoms. The molecule has 0 amide bonds. The van der Waals surface area contributed by atoms with E-state index in [2.05, 4.69) is 36.7 Å². The Morgan fingerprint density at radius 3 is 2.71 bits per heavy atom. The van der Waals surface area contributed by atoms with Gasteiger partial charge in [0.05, 0.1) is 13.7 Å². The Hall–Kier alpha value is -1.50. The van der Waals surface area contributed by atoms with E-state index in [0.29, 0.717) is 12.6 Å². The normalized spacial score (nSPS) is 14.2. The van der Waals surface area contributed by atoms with E-state index in [1.807, 2.05) is 12.1 Å². The molecule has 1 fully saturated rings. The van der Waals surface area contributed by atoms with Gasteiger partial charge < -0.3 is 10.5 Å². The maximum Gasteiger partial charge on any atom is 0.119 e. The predicted molar refractivity (Wildman–Crippen MR) is 87.2 cm³/mol. The maximum absolute atomic E-state index is 5.50. The highest BCUT2D eigenvalue weighted by Gasteiger charge is 2.25. The zero-order valence-corrected chi connectivity index (χ0v) is 13.4. The summed E-state index contributed by atoms with van der Waals surface area (Å²) in [5.41, 5.74) is 7.78. The molecule has 1 aliphatic carbocycles. The minimum absolute atomic E-state index is 0.390. The fourth-order valence-corrected chi connectivity index (χ4v) is 2.40. The highest BCUT2D eigenvalue weighted by molar-refractivity contribution is 5.45. The lowest BCUT2D eigenvalue weighted by Crippen LogP contribution is -2.32. The average molecular weight is 286 g/mol. The van der Waals surface area contributed by atoms with Crippen molar-refractivity contribution in [1.29, 1.82) is 0 Å². The van der Waals surface area contributed by atoms with Crippen LogP contribution < -0.4 is 10.5 Å². The predicted octanol–water partition coefficient (Wildman–Crippen LogP) is 2.63. The summed E-state index contributed by atoms with van der Waals surface area (Å²) in [4.78, 5) is 2.53. The Kier molecular flexibility index (Phi) is 5.67. The number of hydrogen-bond acceptors (Lipinski definition) is 3. The lowest BCUT2D eigenvalue weighted by atomic mass is 10.1. The third-order valence-electron chi connectivity index (χ3n) is 3.93. The number of rotatable bonds is 6. The van der Waals surface area contributed by atoms with E-state index < -0.39 is 0 Å². The number of nitrogens with zero attached hydrogens (tertiary/aromatic N) is 1. The smallest absolute Gasteiger partial charge is 0.119 e. The van der Waals surface area contributed by atoms with Gasteiger partial charge in [0.2, 0.25) is 0 Å². The Bertz CT molecular complexity index is 524. The molecule has 1 aromatic carbocycles. The third kappa shape index (κ3) is 4.77. The minimum Gasteiger partial charge on any atom is -0.497 e. The average Bonchev–Trinajstić information content (AvgIpc) is 3.29. The molecule has 2 N–H and O–H groups in total. The van der Waals surface area contributed by atoms with Crippen molar-refractivity contribution >= 4 is 0 Å². The highest BCUT2D eigenvalue weighted by Crippen LogP contribution is 2.31. The van der Waals surface area contributed by atoms with Gasteiger partial charge in [-0.15, -0.1) is 0 Å². The lowest BCUT2D eigenvalue weighted by Gasteiger charge is -2.27. The zero-order valence-electron chi connectivity index (χ0n) is 13.4. The lowest BCUT2D eigenvalue weighted by molar-refractivity contribution is 0.203. The second-order valence-corrected chi connectivity index (χ2v) is 6.00. The van der Waals surface area contributed by atoms with Gasteiger partial charge in [-0.05, 0) is 56.4 Å². The van der Waals surface area contributed by atoms with Crippen molar-refractivity contribution in [3.05, 3.63) is 29.3 Å². The molecule has 0 unspecified atom stereocenters. The topological polar surface area (TPSA) is 38.5 Å². The van der Waals surface area contributed by atoms with E-state index >= 15 is 0 Å². The van der Waals surface area contributed by atoms with Gasteiger partial charge in [0.1, 0.15) is 5.75 Å². The number of benzene rings is 1. The van der Waals surface area contributed by atoms with Crippen molar-refractivity contribution < 1.29 is 4.74 Å². The molecular weight excluding hydrogens is 260 g/mol. The molecule has 3 heteroatoms. The first-order chi connectivity index (χ1) is 10.1. The fraction of sp³-hybridized carbons (Fsp3) is 0.556. The van der Waals surface area contributed by atoms with Crippen molar-refractivity contribution in [3.63, 3.8) is 0 Å². The Morgan fingerprint density at radius 2 is 2.14 bits per heavy atom. The number of hydrogen-bond donors (Lipinski definition) is 1. The summed E-state index contributed by atoms with van der Waals surface area (Å²) >= 11 is 0. The molecule has 1 saturated carbocycles. The van der Waals surface area contributed by atoms with Crippen LogP contribution in [0.1, 0.15) is 37.8 Å². The van der Waals surface area contributed by atoms with Crippen molar-refractivity contribution in [1.82, 2.24) is 4.90 Å². The molecule has 0 aliphatic heterocycles. The molecule has 0 saturated heterocycles. The number of methoxy groups -OCH3 is 1. The van der Waals surface area contributed by atoms with E-state index in [9.17, 15) is 0 Å². The van der Waals surface area contributed by atoms with Crippen molar-refractivity contribution in [2.24, 2.45) is 11.7 Å². The van der Waals surface area contributed by atoms with Crippen molar-refractivity contribution in [3.8, 4) is 17.6 Å². The van der Waals surface area contributed by atoms with Crippen LogP contribution in [0.5, 0.6) is 5.75 Å². The fourth-order valence-electron chi connectivity index (χ4n) is 2.40. The zero-order chi connectivity index (χ0) is 15.2. The standard InChI is InChI=1S/C18H26N2O/c1-14(2)20(12-15-6-7-15)13-17-11-18(21-3)9-8-16(17)5-4-10-19/h8-9,11,14-15H,6-7,10,12-13,19H2,1-3H3. The van der Waals surface area contributed by atoms with Crippen LogP contribution >= 0.6 is 0 Å². The third-order valence-corrected chi connectivity index (χ3v) is 3.93. The van der Waals surface area contributed by atoms with Crippen LogP contribution in [-0.4, -0.2) is 31.1 Å². The van der Waals surface area contributed by atoms with Crippen LogP contribution in [0, 0.1) is 17.8 Å². The molecule has 0 radical (unpaired) electrons. The molecule has 1 aliphatic rings. The van der Waals surface area contributed by atoms with Crippen LogP contribution in [0.4, 0.5) is 0 Å². The van der Waals surface area contributed by atoms with Gasteiger partial charge in [-0.3, -0.25) is 4.90 Å². The Labute approximate surface area is 128 Å². The SMILES string of the molecule is COc1ccc(C#CCN)c(CN(CC2CC2)C(C)C)c1. The first-order valence-corrected chi connectivity index (χ1v) is 7.74. The van der Waals surface area contributed by atoms with Gasteiger partial charge in [0, 0.05) is 24.7 Å². The summed E-state index contributed by atoms with van der Waals surface area (Å²) in [7, 11) is 1.70. The highest BCUT2D eigenvalue weighted by atomic mass is 16.5. The van der Waals surface area contributed by atoms with E-state index in [4.69, 9.17) is 10.5 Å². The second kappa shape index (κ2) is 7.49. The Balaban J connectivity index is 2.21. The van der Waals surface area contributed by atoms with E-state index in [1.165, 1.54) is 24.9 Å². The van der Waals surface area contributed by atoms with Gasteiger partial charge in [-0.25, -0.2) is 0 Å². The molecule has 114 valence electrons. The largest absolute Gasteiger partial charge is 0.497 e. The summed E-state index contributed by atoms with van der Waals surface area (Å²) in [5.74, 6) is 7.91. The molecule has 1 aromatic rings. The molecule has 2 rings (SSSR count). The van der Waals surface area contributed by atoms with Crippen LogP contribution in [-0.2, 0) is 6.54 Å². The van der Waals surface area contributed by atoms with Crippen LogP contribution in [0.25, 0.3) is 0 Å². The summed E-state index contributed by atoms with van der Waals surface area (Å²) in [5, 5.41) is 0. The summed E-state index contributed by atoms with van der Waals surface area (Å²) in [6.07, 6.45) is 2.75. The Morgan fingerprint density at radius 1 is 1.38 bits per heavy atom. The number of nitrogens with two attached hydrogens (primary N) is 1. The van der Waals surface area contributed by atoms with Gasteiger partial charge in [-0.1, -0.05) is 11.8 Å². The van der Waals surface area contributed by atoms with Gasteiger partial charge >= 0.3 is 0 Å². The summed E-state index contributed by atoms with van der Waals surface area (Å²) in [6.45, 7) is 7.00. The molecule has 0 atom stereocenters. The molecular formula is C18H26N2O. The quantitative estimate of drug-likeness (QED) is 0.817. The molecule has 3 nitrogen and oxygen atoms in total. The summed E-state index contributed by atoms with van der Waals surface area (Å²) < 4.78 is 5.36. The molecule has 0 heterocycles. The first-order valence-electron chi connectivity index (χ1n) is 7.74. The van der Waals surface area contributed by atoms with E-state index in [1.54, 1.807) is 7.11 Å². The first kappa shape index (κ1) is 15.9. The van der Waals surface area contributed by atoms with Gasteiger partial charge in [0.15, 0.2) is 0 Å². The van der Waals surface area contributed by atoms with Gasteiger partial charge in [0.25, 0.3) is 0 Å². The van der Waals surface area contributed by atoms with Crippen LogP contribution in [0.15, 0.2) is 18.2 Å². The maximum atomic E-state index is 5.50. The summed E-state index contributed by atoms with van der Waals surface area (Å²) in [6, 6.07) is 6.63. The second-order valence-electron chi connectivity index (χ2n) is 6.00. The van der Waals surface area contributed by atoms with Crippen molar-refractivity contribution in [2.45, 2.75) is 39.3 Å². The van der Waals surface area contributed by atoms with Gasteiger partial charge in [-0.2, -0.15) is 0 Å². The minimum atomic E-state index is 0.390. The number of ether oxygens (including phenoxy) is 1. The monoisotopic (exact) mass is 286 g/mol. The van der Waals surface area contributed by atoms with Crippen LogP contribution in [0.3, 0.4) is 0 Å².